The van der Waals surface area contributed by atoms with E-state index in [0.29, 0.717) is 12.3 Å². The molecule has 0 amide bonds. The van der Waals surface area contributed by atoms with Crippen LogP contribution >= 0.6 is 12.4 Å². The highest BCUT2D eigenvalue weighted by Gasteiger charge is 2.24. The van der Waals surface area contributed by atoms with E-state index in [9.17, 15) is 4.79 Å². The first-order valence-electron chi connectivity index (χ1n) is 10.8. The number of nitrogens with zero attached hydrogens (tertiary/aromatic N) is 3. The van der Waals surface area contributed by atoms with Gasteiger partial charge in [0, 0.05) is 36.8 Å². The number of hydrogen-bond acceptors (Lipinski definition) is 6. The van der Waals surface area contributed by atoms with Gasteiger partial charge < -0.3 is 19.0 Å². The zero-order valence-corrected chi connectivity index (χ0v) is 19.4. The van der Waals surface area contributed by atoms with E-state index < -0.39 is 0 Å². The molecule has 174 valence electrons. The molecule has 0 aliphatic carbocycles. The molecule has 8 nitrogen and oxygen atoms in total. The van der Waals surface area contributed by atoms with Crippen molar-refractivity contribution >= 4 is 23.4 Å². The highest BCUT2D eigenvalue weighted by atomic mass is 35.5. The molecule has 1 aliphatic rings. The summed E-state index contributed by atoms with van der Waals surface area (Å²) in [7, 11) is 3.25. The summed E-state index contributed by atoms with van der Waals surface area (Å²) >= 11 is 0. The van der Waals surface area contributed by atoms with Gasteiger partial charge in [0.15, 0.2) is 5.76 Å². The SMILES string of the molecule is COc1ccc(-c2cc(CN3CCC(n4c(=O)[nH]c5ccccc54)CC3)on2)c(OC)c1.Cl. The van der Waals surface area contributed by atoms with Crippen LogP contribution in [0.5, 0.6) is 11.5 Å². The lowest BCUT2D eigenvalue weighted by Gasteiger charge is -2.31. The number of benzene rings is 2. The van der Waals surface area contributed by atoms with E-state index in [0.717, 1.165) is 59.7 Å². The number of piperidine rings is 1. The fourth-order valence-electron chi connectivity index (χ4n) is 4.52. The topological polar surface area (TPSA) is 85.5 Å². The minimum Gasteiger partial charge on any atom is -0.497 e. The van der Waals surface area contributed by atoms with Crippen molar-refractivity contribution in [2.24, 2.45) is 0 Å². The fourth-order valence-corrected chi connectivity index (χ4v) is 4.52. The molecular formula is C24H27ClN4O4. The molecule has 2 aromatic heterocycles. The Morgan fingerprint density at radius 3 is 2.64 bits per heavy atom. The predicted octanol–water partition coefficient (Wildman–Crippen LogP) is 4.26. The molecular weight excluding hydrogens is 444 g/mol. The lowest BCUT2D eigenvalue weighted by molar-refractivity contribution is 0.164. The molecule has 0 unspecified atom stereocenters. The van der Waals surface area contributed by atoms with Crippen LogP contribution in [0.4, 0.5) is 0 Å². The van der Waals surface area contributed by atoms with Crippen molar-refractivity contribution in [2.75, 3.05) is 27.3 Å². The first-order chi connectivity index (χ1) is 15.7. The number of halogens is 1. The van der Waals surface area contributed by atoms with Crippen molar-refractivity contribution in [1.82, 2.24) is 19.6 Å². The highest BCUT2D eigenvalue weighted by Crippen LogP contribution is 2.33. The molecule has 5 rings (SSSR count). The Morgan fingerprint density at radius 1 is 1.09 bits per heavy atom. The Bertz CT molecular complexity index is 1290. The summed E-state index contributed by atoms with van der Waals surface area (Å²) in [5.41, 5.74) is 3.44. The van der Waals surface area contributed by atoms with Crippen molar-refractivity contribution in [1.29, 1.82) is 0 Å². The number of aromatic amines is 1. The van der Waals surface area contributed by atoms with Crippen LogP contribution in [-0.2, 0) is 6.54 Å². The lowest BCUT2D eigenvalue weighted by atomic mass is 10.0. The van der Waals surface area contributed by atoms with Gasteiger partial charge >= 0.3 is 5.69 Å². The Morgan fingerprint density at radius 2 is 1.88 bits per heavy atom. The van der Waals surface area contributed by atoms with Crippen LogP contribution in [0.2, 0.25) is 0 Å². The van der Waals surface area contributed by atoms with Crippen LogP contribution < -0.4 is 15.2 Å². The van der Waals surface area contributed by atoms with Gasteiger partial charge in [-0.2, -0.15) is 0 Å². The molecule has 0 saturated carbocycles. The number of fused-ring (bicyclic) bond motifs is 1. The van der Waals surface area contributed by atoms with E-state index in [-0.39, 0.29) is 24.1 Å². The van der Waals surface area contributed by atoms with E-state index >= 15 is 0 Å². The Balaban J connectivity index is 0.00000259. The predicted molar refractivity (Wildman–Crippen MR) is 128 cm³/mol. The molecule has 9 heteroatoms. The summed E-state index contributed by atoms with van der Waals surface area (Å²) in [5.74, 6) is 2.22. The quantitative estimate of drug-likeness (QED) is 0.453. The van der Waals surface area contributed by atoms with Gasteiger partial charge in [0.25, 0.3) is 0 Å². The molecule has 4 aromatic rings. The third-order valence-electron chi connectivity index (χ3n) is 6.17. The van der Waals surface area contributed by atoms with Crippen LogP contribution in [0, 0.1) is 0 Å². The second kappa shape index (κ2) is 9.72. The van der Waals surface area contributed by atoms with Crippen LogP contribution in [0.15, 0.2) is 57.8 Å². The molecule has 33 heavy (non-hydrogen) atoms. The number of methoxy groups -OCH3 is 2. The Kier molecular flexibility index (Phi) is 6.76. The number of ether oxygens (including phenoxy) is 2. The van der Waals surface area contributed by atoms with E-state index in [4.69, 9.17) is 14.0 Å². The molecule has 0 atom stereocenters. The van der Waals surface area contributed by atoms with E-state index in [1.165, 1.54) is 0 Å². The smallest absolute Gasteiger partial charge is 0.326 e. The third kappa shape index (κ3) is 4.49. The summed E-state index contributed by atoms with van der Waals surface area (Å²) in [6.07, 6.45) is 1.82. The zero-order chi connectivity index (χ0) is 22.1. The monoisotopic (exact) mass is 470 g/mol. The van der Waals surface area contributed by atoms with Crippen LogP contribution in [-0.4, -0.2) is 46.9 Å². The number of rotatable bonds is 6. The Labute approximate surface area is 197 Å². The summed E-state index contributed by atoms with van der Waals surface area (Å²) in [6.45, 7) is 2.46. The summed E-state index contributed by atoms with van der Waals surface area (Å²) in [6, 6.07) is 15.7. The Hall–Kier alpha value is -3.23. The number of imidazole rings is 1. The standard InChI is InChI=1S/C24H26N4O4.ClH/c1-30-17-7-8-19(23(14-17)31-2)21-13-18(32-26-21)15-27-11-9-16(10-12-27)28-22-6-4-3-5-20(22)25-24(28)29;/h3-8,13-14,16H,9-12,15H2,1-2H3,(H,25,29);1H. The number of likely N-dealkylation sites (tertiary alicyclic amines) is 1. The fraction of sp³-hybridized carbons (Fsp3) is 0.333. The molecule has 0 radical (unpaired) electrons. The lowest BCUT2D eigenvalue weighted by Crippen LogP contribution is -2.36. The summed E-state index contributed by atoms with van der Waals surface area (Å²) < 4.78 is 18.3. The minimum atomic E-state index is -0.0297. The van der Waals surface area contributed by atoms with Gasteiger partial charge in [-0.1, -0.05) is 17.3 Å². The van der Waals surface area contributed by atoms with Gasteiger partial charge in [-0.05, 0) is 37.1 Å². The van der Waals surface area contributed by atoms with E-state index in [1.54, 1.807) is 14.2 Å². The van der Waals surface area contributed by atoms with Gasteiger partial charge in [0.2, 0.25) is 0 Å². The zero-order valence-electron chi connectivity index (χ0n) is 18.6. The average molecular weight is 471 g/mol. The first-order valence-corrected chi connectivity index (χ1v) is 10.8. The second-order valence-electron chi connectivity index (χ2n) is 8.07. The molecule has 1 saturated heterocycles. The maximum atomic E-state index is 12.5. The normalized spacial score (nSPS) is 14.8. The van der Waals surface area contributed by atoms with E-state index in [1.807, 2.05) is 53.1 Å². The number of nitrogens with one attached hydrogen (secondary N) is 1. The van der Waals surface area contributed by atoms with Crippen molar-refractivity contribution in [3.8, 4) is 22.8 Å². The van der Waals surface area contributed by atoms with Crippen molar-refractivity contribution in [3.05, 3.63) is 64.8 Å². The minimum absolute atomic E-state index is 0. The average Bonchev–Trinajstić information content (AvgIpc) is 3.42. The molecule has 0 spiro atoms. The first kappa shape index (κ1) is 22.9. The van der Waals surface area contributed by atoms with Gasteiger partial charge in [-0.15, -0.1) is 12.4 Å². The van der Waals surface area contributed by atoms with Crippen molar-refractivity contribution < 1.29 is 14.0 Å². The largest absolute Gasteiger partial charge is 0.497 e. The summed E-state index contributed by atoms with van der Waals surface area (Å²) in [5, 5.41) is 4.25. The number of hydrogen-bond donors (Lipinski definition) is 1. The van der Waals surface area contributed by atoms with Crippen molar-refractivity contribution in [2.45, 2.75) is 25.4 Å². The molecule has 1 N–H and O–H groups in total. The molecule has 3 heterocycles. The van der Waals surface area contributed by atoms with Crippen LogP contribution in [0.25, 0.3) is 22.3 Å². The molecule has 1 aliphatic heterocycles. The molecule has 0 bridgehead atoms. The highest BCUT2D eigenvalue weighted by molar-refractivity contribution is 5.85. The van der Waals surface area contributed by atoms with Crippen LogP contribution in [0.1, 0.15) is 24.6 Å². The van der Waals surface area contributed by atoms with Crippen molar-refractivity contribution in [3.63, 3.8) is 0 Å². The third-order valence-corrected chi connectivity index (χ3v) is 6.17. The maximum Gasteiger partial charge on any atom is 0.326 e. The van der Waals surface area contributed by atoms with Gasteiger partial charge in [0.1, 0.15) is 17.2 Å². The number of H-pyrrole nitrogens is 1. The van der Waals surface area contributed by atoms with Gasteiger partial charge in [-0.3, -0.25) is 9.47 Å². The van der Waals surface area contributed by atoms with E-state index in [2.05, 4.69) is 15.0 Å². The number of aromatic nitrogens is 3. The van der Waals surface area contributed by atoms with Crippen LogP contribution in [0.3, 0.4) is 0 Å². The van der Waals surface area contributed by atoms with Gasteiger partial charge in [-0.25, -0.2) is 4.79 Å². The number of para-hydroxylation sites is 2. The maximum absolute atomic E-state index is 12.5. The second-order valence-corrected chi connectivity index (χ2v) is 8.07. The molecule has 2 aromatic carbocycles. The van der Waals surface area contributed by atoms with Gasteiger partial charge in [0.05, 0.1) is 31.8 Å². The summed E-state index contributed by atoms with van der Waals surface area (Å²) in [4.78, 5) is 17.8. The molecule has 1 fully saturated rings.